The number of para-hydroxylation sites is 1. The van der Waals surface area contributed by atoms with E-state index < -0.39 is 11.9 Å². The SMILES string of the molecule is COc1ccccc1CNC(=O)COC(=O)Cc1cc(OC)c(OC)c(OC)c1. The number of rotatable bonds is 10. The summed E-state index contributed by atoms with van der Waals surface area (Å²) in [4.78, 5) is 24.1. The van der Waals surface area contributed by atoms with Crippen LogP contribution in [0.4, 0.5) is 0 Å². The lowest BCUT2D eigenvalue weighted by atomic mass is 10.1. The van der Waals surface area contributed by atoms with E-state index in [-0.39, 0.29) is 19.6 Å². The fourth-order valence-electron chi connectivity index (χ4n) is 2.70. The van der Waals surface area contributed by atoms with Gasteiger partial charge in [-0.15, -0.1) is 0 Å². The Morgan fingerprint density at radius 2 is 1.48 bits per heavy atom. The second kappa shape index (κ2) is 10.8. The molecule has 156 valence electrons. The van der Waals surface area contributed by atoms with E-state index in [1.165, 1.54) is 21.3 Å². The molecule has 0 aliphatic heterocycles. The summed E-state index contributed by atoms with van der Waals surface area (Å²) in [6.45, 7) is -0.105. The Morgan fingerprint density at radius 3 is 2.07 bits per heavy atom. The molecule has 0 radical (unpaired) electrons. The van der Waals surface area contributed by atoms with Gasteiger partial charge in [0.05, 0.1) is 34.9 Å². The number of methoxy groups -OCH3 is 4. The van der Waals surface area contributed by atoms with Gasteiger partial charge in [0.1, 0.15) is 5.75 Å². The molecule has 0 aliphatic rings. The molecule has 8 heteroatoms. The second-order valence-electron chi connectivity index (χ2n) is 5.96. The van der Waals surface area contributed by atoms with Crippen LogP contribution in [0.2, 0.25) is 0 Å². The van der Waals surface area contributed by atoms with Crippen LogP contribution in [-0.4, -0.2) is 46.9 Å². The smallest absolute Gasteiger partial charge is 0.310 e. The molecule has 0 spiro atoms. The molecule has 2 aromatic carbocycles. The van der Waals surface area contributed by atoms with Crippen LogP contribution in [-0.2, 0) is 27.3 Å². The quantitative estimate of drug-likeness (QED) is 0.608. The molecule has 0 saturated carbocycles. The first kappa shape index (κ1) is 21.9. The van der Waals surface area contributed by atoms with Crippen molar-refractivity contribution in [2.45, 2.75) is 13.0 Å². The highest BCUT2D eigenvalue weighted by Gasteiger charge is 2.16. The lowest BCUT2D eigenvalue weighted by Crippen LogP contribution is -2.28. The van der Waals surface area contributed by atoms with E-state index in [0.29, 0.717) is 28.6 Å². The second-order valence-corrected chi connectivity index (χ2v) is 5.96. The number of carbonyl (C=O) groups excluding carboxylic acids is 2. The molecule has 8 nitrogen and oxygen atoms in total. The van der Waals surface area contributed by atoms with Gasteiger partial charge >= 0.3 is 5.97 Å². The first-order valence-electron chi connectivity index (χ1n) is 8.85. The van der Waals surface area contributed by atoms with Crippen molar-refractivity contribution in [2.24, 2.45) is 0 Å². The van der Waals surface area contributed by atoms with Crippen molar-refractivity contribution in [1.29, 1.82) is 0 Å². The van der Waals surface area contributed by atoms with Crippen molar-refractivity contribution in [1.82, 2.24) is 5.32 Å². The molecule has 0 saturated heterocycles. The lowest BCUT2D eigenvalue weighted by Gasteiger charge is -2.14. The zero-order valence-corrected chi connectivity index (χ0v) is 16.9. The van der Waals surface area contributed by atoms with Crippen molar-refractivity contribution in [3.63, 3.8) is 0 Å². The number of benzene rings is 2. The normalized spacial score (nSPS) is 10.1. The predicted octanol–water partition coefficient (Wildman–Crippen LogP) is 2.12. The molecule has 2 aromatic rings. The Bertz CT molecular complexity index is 826. The molecule has 1 amide bonds. The molecular weight excluding hydrogens is 378 g/mol. The molecule has 1 N–H and O–H groups in total. The molecule has 0 aliphatic carbocycles. The van der Waals surface area contributed by atoms with Crippen LogP contribution < -0.4 is 24.3 Å². The van der Waals surface area contributed by atoms with Crippen LogP contribution in [0.25, 0.3) is 0 Å². The molecular formula is C21H25NO7. The first-order chi connectivity index (χ1) is 14.0. The van der Waals surface area contributed by atoms with Crippen molar-refractivity contribution in [2.75, 3.05) is 35.0 Å². The minimum Gasteiger partial charge on any atom is -0.496 e. The third kappa shape index (κ3) is 6.03. The van der Waals surface area contributed by atoms with Gasteiger partial charge in [-0.1, -0.05) is 18.2 Å². The highest BCUT2D eigenvalue weighted by atomic mass is 16.5. The van der Waals surface area contributed by atoms with Gasteiger partial charge in [-0.25, -0.2) is 0 Å². The molecule has 29 heavy (non-hydrogen) atoms. The van der Waals surface area contributed by atoms with Gasteiger partial charge in [0.25, 0.3) is 5.91 Å². The van der Waals surface area contributed by atoms with Gasteiger partial charge in [-0.3, -0.25) is 9.59 Å². The standard InChI is InChI=1S/C21H25NO7/c1-25-16-8-6-5-7-15(16)12-22-19(23)13-29-20(24)11-14-9-17(26-2)21(28-4)18(10-14)27-3/h5-10H,11-13H2,1-4H3,(H,22,23). The summed E-state index contributed by atoms with van der Waals surface area (Å²) >= 11 is 0. The zero-order chi connectivity index (χ0) is 21.2. The van der Waals surface area contributed by atoms with Gasteiger partial charge in [-0.05, 0) is 23.8 Å². The summed E-state index contributed by atoms with van der Waals surface area (Å²) in [6, 6.07) is 10.7. The number of carbonyl (C=O) groups is 2. The highest BCUT2D eigenvalue weighted by Crippen LogP contribution is 2.38. The monoisotopic (exact) mass is 403 g/mol. The van der Waals surface area contributed by atoms with E-state index in [9.17, 15) is 9.59 Å². The summed E-state index contributed by atoms with van der Waals surface area (Å²) in [5.74, 6) is 1.02. The van der Waals surface area contributed by atoms with Crippen LogP contribution in [0.5, 0.6) is 23.0 Å². The maximum Gasteiger partial charge on any atom is 0.310 e. The number of nitrogens with one attached hydrogen (secondary N) is 1. The van der Waals surface area contributed by atoms with Gasteiger partial charge in [0.15, 0.2) is 18.1 Å². The Hall–Kier alpha value is -3.42. The minimum atomic E-state index is -0.549. The van der Waals surface area contributed by atoms with Crippen LogP contribution in [0, 0.1) is 0 Å². The zero-order valence-electron chi connectivity index (χ0n) is 16.9. The van der Waals surface area contributed by atoms with E-state index in [1.54, 1.807) is 25.3 Å². The van der Waals surface area contributed by atoms with Gasteiger partial charge in [0.2, 0.25) is 5.75 Å². The number of hydrogen-bond donors (Lipinski definition) is 1. The van der Waals surface area contributed by atoms with Crippen molar-refractivity contribution < 1.29 is 33.3 Å². The number of hydrogen-bond acceptors (Lipinski definition) is 7. The summed E-state index contributed by atoms with van der Waals surface area (Å²) in [7, 11) is 6.04. The van der Waals surface area contributed by atoms with Gasteiger partial charge < -0.3 is 29.0 Å². The summed E-state index contributed by atoms with van der Waals surface area (Å²) in [5.41, 5.74) is 1.44. The van der Waals surface area contributed by atoms with Crippen molar-refractivity contribution in [3.8, 4) is 23.0 Å². The third-order valence-electron chi connectivity index (χ3n) is 4.11. The van der Waals surface area contributed by atoms with Crippen LogP contribution >= 0.6 is 0 Å². The number of esters is 1. The maximum atomic E-state index is 12.1. The third-order valence-corrected chi connectivity index (χ3v) is 4.11. The first-order valence-corrected chi connectivity index (χ1v) is 8.85. The summed E-state index contributed by atoms with van der Waals surface area (Å²) < 4.78 is 26.1. The Morgan fingerprint density at radius 1 is 0.862 bits per heavy atom. The molecule has 0 aromatic heterocycles. The van der Waals surface area contributed by atoms with E-state index in [4.69, 9.17) is 23.7 Å². The Kier molecular flexibility index (Phi) is 8.14. The van der Waals surface area contributed by atoms with Crippen LogP contribution in [0.3, 0.4) is 0 Å². The van der Waals surface area contributed by atoms with Crippen LogP contribution in [0.1, 0.15) is 11.1 Å². The van der Waals surface area contributed by atoms with Crippen molar-refractivity contribution in [3.05, 3.63) is 47.5 Å². The predicted molar refractivity (Wildman–Crippen MR) is 106 cm³/mol. The molecule has 0 atom stereocenters. The fraction of sp³-hybridized carbons (Fsp3) is 0.333. The van der Waals surface area contributed by atoms with Crippen LogP contribution in [0.15, 0.2) is 36.4 Å². The summed E-state index contributed by atoms with van der Waals surface area (Å²) in [5, 5.41) is 2.69. The molecule has 2 rings (SSSR count). The average Bonchev–Trinajstić information content (AvgIpc) is 2.75. The highest BCUT2D eigenvalue weighted by molar-refractivity contribution is 5.81. The Labute approximate surface area is 169 Å². The minimum absolute atomic E-state index is 0.0451. The molecule has 0 heterocycles. The molecule has 0 fully saturated rings. The number of ether oxygens (including phenoxy) is 5. The topological polar surface area (TPSA) is 92.3 Å². The maximum absolute atomic E-state index is 12.1. The number of amides is 1. The summed E-state index contributed by atoms with van der Waals surface area (Å²) in [6.07, 6.45) is -0.0451. The lowest BCUT2D eigenvalue weighted by molar-refractivity contribution is -0.147. The van der Waals surface area contributed by atoms with E-state index in [0.717, 1.165) is 5.56 Å². The molecule has 0 unspecified atom stereocenters. The van der Waals surface area contributed by atoms with E-state index in [1.807, 2.05) is 18.2 Å². The van der Waals surface area contributed by atoms with E-state index in [2.05, 4.69) is 5.32 Å². The Balaban J connectivity index is 1.88. The van der Waals surface area contributed by atoms with E-state index >= 15 is 0 Å². The average molecular weight is 403 g/mol. The molecule has 0 bridgehead atoms. The largest absolute Gasteiger partial charge is 0.496 e. The van der Waals surface area contributed by atoms with Gasteiger partial charge in [0, 0.05) is 12.1 Å². The van der Waals surface area contributed by atoms with Gasteiger partial charge in [-0.2, -0.15) is 0 Å². The van der Waals surface area contributed by atoms with Crippen molar-refractivity contribution >= 4 is 11.9 Å². The fourth-order valence-corrected chi connectivity index (χ4v) is 2.70.